The number of benzene rings is 1. The van der Waals surface area contributed by atoms with Crippen molar-refractivity contribution in [1.29, 1.82) is 0 Å². The third-order valence-electron chi connectivity index (χ3n) is 2.25. The second kappa shape index (κ2) is 2.73. The summed E-state index contributed by atoms with van der Waals surface area (Å²) in [6, 6.07) is 4.72. The Bertz CT molecular complexity index is 358. The number of aromatic hydroxyl groups is 1. The number of phenols is 1. The lowest BCUT2D eigenvalue weighted by atomic mass is 10.1. The van der Waals surface area contributed by atoms with Gasteiger partial charge < -0.3 is 5.11 Å². The quantitative estimate of drug-likeness (QED) is 0.559. The lowest BCUT2D eigenvalue weighted by Gasteiger charge is -2.01. The molecule has 1 aromatic carbocycles. The van der Waals surface area contributed by atoms with Crippen molar-refractivity contribution in [2.75, 3.05) is 0 Å². The highest BCUT2D eigenvalue weighted by Crippen LogP contribution is 2.46. The minimum atomic E-state index is -0.511. The van der Waals surface area contributed by atoms with Crippen molar-refractivity contribution in [3.63, 3.8) is 0 Å². The van der Waals surface area contributed by atoms with E-state index < -0.39 is 4.92 Å². The van der Waals surface area contributed by atoms with Gasteiger partial charge in [-0.05, 0) is 24.8 Å². The smallest absolute Gasteiger partial charge is 0.314 e. The molecule has 1 aliphatic rings. The third-order valence-corrected chi connectivity index (χ3v) is 2.25. The minimum absolute atomic E-state index is 0.120. The fraction of sp³-hybridized carbons (Fsp3) is 0.333. The molecule has 0 amide bonds. The molecular weight excluding hydrogens is 170 g/mol. The van der Waals surface area contributed by atoms with Crippen LogP contribution in [0.1, 0.15) is 24.3 Å². The maximum absolute atomic E-state index is 10.6. The Morgan fingerprint density at radius 1 is 1.46 bits per heavy atom. The summed E-state index contributed by atoms with van der Waals surface area (Å²) in [4.78, 5) is 10.1. The first kappa shape index (κ1) is 8.04. The van der Waals surface area contributed by atoms with Gasteiger partial charge in [0.05, 0.1) is 4.92 Å². The Labute approximate surface area is 75.0 Å². The first-order valence-corrected chi connectivity index (χ1v) is 4.16. The van der Waals surface area contributed by atoms with Crippen LogP contribution < -0.4 is 0 Å². The van der Waals surface area contributed by atoms with Gasteiger partial charge in [-0.15, -0.1) is 0 Å². The largest absolute Gasteiger partial charge is 0.502 e. The number of hydrogen-bond donors (Lipinski definition) is 1. The van der Waals surface area contributed by atoms with E-state index in [-0.39, 0.29) is 17.4 Å². The van der Waals surface area contributed by atoms with Crippen LogP contribution in [-0.4, -0.2) is 10.0 Å². The van der Waals surface area contributed by atoms with E-state index in [1.54, 1.807) is 12.1 Å². The van der Waals surface area contributed by atoms with E-state index in [1.807, 2.05) is 0 Å². The van der Waals surface area contributed by atoms with E-state index in [1.165, 1.54) is 6.07 Å². The second-order valence-electron chi connectivity index (χ2n) is 3.25. The number of rotatable bonds is 2. The molecule has 0 saturated heterocycles. The number of phenolic OH excluding ortho intramolecular Hbond substituents is 1. The van der Waals surface area contributed by atoms with Gasteiger partial charge >= 0.3 is 5.69 Å². The summed E-state index contributed by atoms with van der Waals surface area (Å²) in [7, 11) is 0. The molecule has 68 valence electrons. The molecule has 4 heteroatoms. The van der Waals surface area contributed by atoms with E-state index >= 15 is 0 Å². The van der Waals surface area contributed by atoms with Gasteiger partial charge in [-0.25, -0.2) is 0 Å². The normalized spacial score (nSPS) is 15.7. The summed E-state index contributed by atoms with van der Waals surface area (Å²) in [6.07, 6.45) is 1.98. The van der Waals surface area contributed by atoms with Gasteiger partial charge in [-0.1, -0.05) is 12.1 Å². The molecule has 0 aromatic heterocycles. The van der Waals surface area contributed by atoms with Crippen molar-refractivity contribution in [2.24, 2.45) is 0 Å². The molecule has 1 N–H and O–H groups in total. The van der Waals surface area contributed by atoms with Gasteiger partial charge in [0.15, 0.2) is 5.75 Å². The van der Waals surface area contributed by atoms with Crippen LogP contribution in [0.15, 0.2) is 18.2 Å². The topological polar surface area (TPSA) is 63.4 Å². The maximum Gasteiger partial charge on any atom is 0.314 e. The second-order valence-corrected chi connectivity index (χ2v) is 3.25. The van der Waals surface area contributed by atoms with Crippen molar-refractivity contribution in [3.8, 4) is 5.75 Å². The van der Waals surface area contributed by atoms with Crippen molar-refractivity contribution in [1.82, 2.24) is 0 Å². The molecular formula is C9H9NO3. The maximum atomic E-state index is 10.6. The molecule has 0 radical (unpaired) electrons. The summed E-state index contributed by atoms with van der Waals surface area (Å²) < 4.78 is 0. The van der Waals surface area contributed by atoms with E-state index in [9.17, 15) is 15.2 Å². The highest BCUT2D eigenvalue weighted by molar-refractivity contribution is 5.54. The monoisotopic (exact) mass is 179 g/mol. The van der Waals surface area contributed by atoms with E-state index in [4.69, 9.17) is 0 Å². The predicted octanol–water partition coefficient (Wildman–Crippen LogP) is 2.18. The average molecular weight is 179 g/mol. The lowest BCUT2D eigenvalue weighted by molar-refractivity contribution is -0.386. The Hall–Kier alpha value is -1.58. The molecule has 0 spiro atoms. The molecule has 1 fully saturated rings. The zero-order valence-electron chi connectivity index (χ0n) is 6.93. The third kappa shape index (κ3) is 1.35. The molecule has 0 unspecified atom stereocenters. The van der Waals surface area contributed by atoms with Crippen LogP contribution in [0.5, 0.6) is 5.75 Å². The number of nitrogens with zero attached hydrogens (tertiary/aromatic N) is 1. The Morgan fingerprint density at radius 3 is 2.69 bits per heavy atom. The van der Waals surface area contributed by atoms with Gasteiger partial charge in [0.2, 0.25) is 0 Å². The van der Waals surface area contributed by atoms with Gasteiger partial charge in [-0.2, -0.15) is 0 Å². The summed E-state index contributed by atoms with van der Waals surface area (Å²) in [6.45, 7) is 0. The fourth-order valence-corrected chi connectivity index (χ4v) is 1.47. The molecule has 2 rings (SSSR count). The van der Waals surface area contributed by atoms with Crippen molar-refractivity contribution < 1.29 is 10.0 Å². The van der Waals surface area contributed by atoms with Gasteiger partial charge in [-0.3, -0.25) is 10.1 Å². The fourth-order valence-electron chi connectivity index (χ4n) is 1.47. The molecule has 13 heavy (non-hydrogen) atoms. The van der Waals surface area contributed by atoms with E-state index in [2.05, 4.69) is 0 Å². The van der Waals surface area contributed by atoms with Crippen molar-refractivity contribution >= 4 is 5.69 Å². The van der Waals surface area contributed by atoms with E-state index in [0.717, 1.165) is 12.8 Å². The van der Waals surface area contributed by atoms with Gasteiger partial charge in [0.1, 0.15) is 0 Å². The zero-order valence-corrected chi connectivity index (χ0v) is 6.93. The van der Waals surface area contributed by atoms with Crippen LogP contribution in [0.3, 0.4) is 0 Å². The molecule has 4 nitrogen and oxygen atoms in total. The molecule has 1 aromatic rings. The Balaban J connectivity index is 2.53. The number of nitro benzene ring substituents is 1. The summed E-state index contributed by atoms with van der Waals surface area (Å²) >= 11 is 0. The highest BCUT2D eigenvalue weighted by atomic mass is 16.6. The minimum Gasteiger partial charge on any atom is -0.502 e. The van der Waals surface area contributed by atoms with Crippen LogP contribution in [0, 0.1) is 10.1 Å². The summed E-state index contributed by atoms with van der Waals surface area (Å²) in [5.74, 6) is 0.0573. The molecule has 1 saturated carbocycles. The first-order chi connectivity index (χ1) is 6.20. The Morgan fingerprint density at radius 2 is 2.15 bits per heavy atom. The SMILES string of the molecule is O=[N+]([O-])c1c(O)cccc1C1CC1. The van der Waals surface area contributed by atoms with Crippen LogP contribution in [0.2, 0.25) is 0 Å². The number of hydrogen-bond acceptors (Lipinski definition) is 3. The molecule has 0 atom stereocenters. The molecule has 0 heterocycles. The highest BCUT2D eigenvalue weighted by Gasteiger charge is 2.32. The van der Waals surface area contributed by atoms with Crippen LogP contribution >= 0.6 is 0 Å². The average Bonchev–Trinajstić information content (AvgIpc) is 2.85. The molecule has 0 aliphatic heterocycles. The zero-order chi connectivity index (χ0) is 9.42. The first-order valence-electron chi connectivity index (χ1n) is 4.16. The van der Waals surface area contributed by atoms with Gasteiger partial charge in [0.25, 0.3) is 0 Å². The standard InChI is InChI=1S/C9H9NO3/c11-8-3-1-2-7(6-4-5-6)9(8)10(12)13/h1-3,6,11H,4-5H2. The van der Waals surface area contributed by atoms with E-state index in [0.29, 0.717) is 5.56 Å². The van der Waals surface area contributed by atoms with Crippen molar-refractivity contribution in [2.45, 2.75) is 18.8 Å². The van der Waals surface area contributed by atoms with Crippen LogP contribution in [0.4, 0.5) is 5.69 Å². The molecule has 1 aliphatic carbocycles. The van der Waals surface area contributed by atoms with Gasteiger partial charge in [0, 0.05) is 5.56 Å². The van der Waals surface area contributed by atoms with Crippen LogP contribution in [0.25, 0.3) is 0 Å². The Kier molecular flexibility index (Phi) is 1.69. The molecule has 0 bridgehead atoms. The number of para-hydroxylation sites is 1. The summed E-state index contributed by atoms with van der Waals surface area (Å²) in [5.41, 5.74) is 0.551. The van der Waals surface area contributed by atoms with Crippen LogP contribution in [-0.2, 0) is 0 Å². The summed E-state index contributed by atoms with van der Waals surface area (Å²) in [5, 5.41) is 19.9. The lowest BCUT2D eigenvalue weighted by Crippen LogP contribution is -1.94. The number of nitro groups is 1. The predicted molar refractivity (Wildman–Crippen MR) is 46.7 cm³/mol. The van der Waals surface area contributed by atoms with Crippen molar-refractivity contribution in [3.05, 3.63) is 33.9 Å².